The highest BCUT2D eigenvalue weighted by Gasteiger charge is 2.39. The van der Waals surface area contributed by atoms with Gasteiger partial charge in [0.05, 0.1) is 19.3 Å². The quantitative estimate of drug-likeness (QED) is 0.747. The van der Waals surface area contributed by atoms with Gasteiger partial charge in [0.2, 0.25) is 5.91 Å². The Bertz CT molecular complexity index is 509. The van der Waals surface area contributed by atoms with Crippen molar-refractivity contribution in [1.82, 2.24) is 14.7 Å². The van der Waals surface area contributed by atoms with E-state index < -0.39 is 0 Å². The molecule has 4 fully saturated rings. The molecule has 7 heteroatoms. The van der Waals surface area contributed by atoms with Crippen molar-refractivity contribution in [2.75, 3.05) is 45.9 Å². The first-order valence-electron chi connectivity index (χ1n) is 10.3. The molecule has 0 aromatic heterocycles. The van der Waals surface area contributed by atoms with Crippen LogP contribution in [0.25, 0.3) is 0 Å². The Labute approximate surface area is 155 Å². The van der Waals surface area contributed by atoms with Crippen LogP contribution < -0.4 is 0 Å². The smallest absolute Gasteiger partial charge is 0.319 e. The Morgan fingerprint density at radius 2 is 1.35 bits per heavy atom. The molecule has 4 heterocycles. The maximum atomic E-state index is 13.2. The van der Waals surface area contributed by atoms with Crippen molar-refractivity contribution in [1.29, 1.82) is 0 Å². The highest BCUT2D eigenvalue weighted by Crippen LogP contribution is 2.29. The molecule has 0 saturated carbocycles. The van der Waals surface area contributed by atoms with Crippen LogP contribution in [0, 0.1) is 5.92 Å². The standard InChI is InChI=1S/C19H31N3O4/c23-17(22-10-2-1-5-16(22)18-25-13-14-26-18)15-6-11-21(12-7-15)19(24)20-8-3-4-9-20/h15-16,18H,1-14H2. The summed E-state index contributed by atoms with van der Waals surface area (Å²) in [5.74, 6) is 0.265. The third kappa shape index (κ3) is 3.69. The molecule has 0 aliphatic carbocycles. The summed E-state index contributed by atoms with van der Waals surface area (Å²) >= 11 is 0. The van der Waals surface area contributed by atoms with E-state index in [1.807, 2.05) is 14.7 Å². The van der Waals surface area contributed by atoms with Crippen molar-refractivity contribution in [2.24, 2.45) is 5.92 Å². The Morgan fingerprint density at radius 3 is 2.04 bits per heavy atom. The number of nitrogens with zero attached hydrogens (tertiary/aromatic N) is 3. The summed E-state index contributed by atoms with van der Waals surface area (Å²) in [7, 11) is 0. The molecule has 0 bridgehead atoms. The van der Waals surface area contributed by atoms with Gasteiger partial charge in [0, 0.05) is 38.6 Å². The number of hydrogen-bond acceptors (Lipinski definition) is 4. The van der Waals surface area contributed by atoms with Crippen molar-refractivity contribution >= 4 is 11.9 Å². The van der Waals surface area contributed by atoms with E-state index in [9.17, 15) is 9.59 Å². The van der Waals surface area contributed by atoms with Crippen LogP contribution in [-0.2, 0) is 14.3 Å². The first-order valence-corrected chi connectivity index (χ1v) is 10.3. The van der Waals surface area contributed by atoms with Crippen LogP contribution in [0.1, 0.15) is 44.9 Å². The molecule has 1 unspecified atom stereocenters. The van der Waals surface area contributed by atoms with E-state index in [1.165, 1.54) is 0 Å². The largest absolute Gasteiger partial charge is 0.348 e. The molecule has 0 aromatic rings. The predicted octanol–water partition coefficient (Wildman–Crippen LogP) is 1.67. The monoisotopic (exact) mass is 365 g/mol. The molecule has 4 aliphatic rings. The van der Waals surface area contributed by atoms with Crippen molar-refractivity contribution in [3.63, 3.8) is 0 Å². The highest BCUT2D eigenvalue weighted by atomic mass is 16.7. The molecule has 146 valence electrons. The molecule has 0 radical (unpaired) electrons. The van der Waals surface area contributed by atoms with Crippen molar-refractivity contribution < 1.29 is 19.1 Å². The fraction of sp³-hybridized carbons (Fsp3) is 0.895. The van der Waals surface area contributed by atoms with E-state index in [-0.39, 0.29) is 30.2 Å². The first kappa shape index (κ1) is 18.0. The van der Waals surface area contributed by atoms with Gasteiger partial charge in [-0.3, -0.25) is 4.79 Å². The number of piperidine rings is 2. The third-order valence-electron chi connectivity index (χ3n) is 6.29. The molecule has 0 aromatic carbocycles. The van der Waals surface area contributed by atoms with Crippen LogP contribution >= 0.6 is 0 Å². The highest BCUT2D eigenvalue weighted by molar-refractivity contribution is 5.80. The molecule has 1 atom stereocenters. The Kier molecular flexibility index (Phi) is 5.64. The number of amides is 3. The van der Waals surface area contributed by atoms with E-state index in [0.717, 1.165) is 64.6 Å². The zero-order chi connectivity index (χ0) is 17.9. The van der Waals surface area contributed by atoms with Gasteiger partial charge < -0.3 is 24.2 Å². The molecule has 26 heavy (non-hydrogen) atoms. The SMILES string of the molecule is O=C(N1CCCC1)N1CCC(C(=O)N2CCCCC2C2OCCO2)CC1. The minimum Gasteiger partial charge on any atom is -0.348 e. The topological polar surface area (TPSA) is 62.3 Å². The van der Waals surface area contributed by atoms with Crippen LogP contribution in [0.5, 0.6) is 0 Å². The van der Waals surface area contributed by atoms with E-state index in [1.54, 1.807) is 0 Å². The summed E-state index contributed by atoms with van der Waals surface area (Å²) in [6.07, 6.45) is 6.66. The Hall–Kier alpha value is -1.34. The minimum absolute atomic E-state index is 0.0274. The van der Waals surface area contributed by atoms with Gasteiger partial charge in [0.25, 0.3) is 0 Å². The van der Waals surface area contributed by atoms with Gasteiger partial charge in [-0.1, -0.05) is 0 Å². The van der Waals surface area contributed by atoms with E-state index in [2.05, 4.69) is 0 Å². The van der Waals surface area contributed by atoms with Gasteiger partial charge in [-0.15, -0.1) is 0 Å². The lowest BCUT2D eigenvalue weighted by molar-refractivity contribution is -0.155. The number of carbonyl (C=O) groups is 2. The molecule has 3 amide bonds. The van der Waals surface area contributed by atoms with Gasteiger partial charge in [0.15, 0.2) is 6.29 Å². The zero-order valence-electron chi connectivity index (χ0n) is 15.6. The van der Waals surface area contributed by atoms with Gasteiger partial charge >= 0.3 is 6.03 Å². The Morgan fingerprint density at radius 1 is 0.731 bits per heavy atom. The summed E-state index contributed by atoms with van der Waals surface area (Å²) in [6.45, 7) is 5.21. The summed E-state index contributed by atoms with van der Waals surface area (Å²) in [5, 5.41) is 0. The summed E-state index contributed by atoms with van der Waals surface area (Å²) in [5.41, 5.74) is 0. The molecule has 4 saturated heterocycles. The lowest BCUT2D eigenvalue weighted by Gasteiger charge is -2.41. The van der Waals surface area contributed by atoms with Crippen LogP contribution in [0.3, 0.4) is 0 Å². The molecule has 0 spiro atoms. The molecular weight excluding hydrogens is 334 g/mol. The maximum Gasteiger partial charge on any atom is 0.319 e. The van der Waals surface area contributed by atoms with Gasteiger partial charge in [-0.2, -0.15) is 0 Å². The number of carbonyl (C=O) groups excluding carboxylic acids is 2. The summed E-state index contributed by atoms with van der Waals surface area (Å²) in [4.78, 5) is 31.6. The lowest BCUT2D eigenvalue weighted by atomic mass is 9.92. The zero-order valence-corrected chi connectivity index (χ0v) is 15.6. The molecule has 7 nitrogen and oxygen atoms in total. The average molecular weight is 365 g/mol. The van der Waals surface area contributed by atoms with Gasteiger partial charge in [-0.25, -0.2) is 4.79 Å². The summed E-state index contributed by atoms with van der Waals surface area (Å²) in [6, 6.07) is 0.222. The number of hydrogen-bond donors (Lipinski definition) is 0. The maximum absolute atomic E-state index is 13.2. The van der Waals surface area contributed by atoms with Crippen molar-refractivity contribution in [3.8, 4) is 0 Å². The summed E-state index contributed by atoms with van der Waals surface area (Å²) < 4.78 is 11.4. The second-order valence-corrected chi connectivity index (χ2v) is 7.94. The van der Waals surface area contributed by atoms with Crippen molar-refractivity contribution in [3.05, 3.63) is 0 Å². The number of likely N-dealkylation sites (tertiary alicyclic amines) is 3. The number of ether oxygens (including phenoxy) is 2. The van der Waals surface area contributed by atoms with Gasteiger partial charge in [0.1, 0.15) is 0 Å². The normalized spacial score (nSPS) is 28.8. The fourth-order valence-electron chi connectivity index (χ4n) is 4.77. The molecule has 4 aliphatic heterocycles. The van der Waals surface area contributed by atoms with Crippen molar-refractivity contribution in [2.45, 2.75) is 57.3 Å². The van der Waals surface area contributed by atoms with Crippen LogP contribution in [0.4, 0.5) is 4.79 Å². The van der Waals surface area contributed by atoms with E-state index >= 15 is 0 Å². The van der Waals surface area contributed by atoms with Crippen LogP contribution in [0.2, 0.25) is 0 Å². The van der Waals surface area contributed by atoms with E-state index in [0.29, 0.717) is 26.3 Å². The van der Waals surface area contributed by atoms with E-state index in [4.69, 9.17) is 9.47 Å². The molecule has 0 N–H and O–H groups in total. The predicted molar refractivity (Wildman–Crippen MR) is 95.5 cm³/mol. The second-order valence-electron chi connectivity index (χ2n) is 7.94. The second kappa shape index (κ2) is 8.13. The first-order chi connectivity index (χ1) is 12.7. The van der Waals surface area contributed by atoms with Crippen LogP contribution in [0.15, 0.2) is 0 Å². The Balaban J connectivity index is 1.32. The molecular formula is C19H31N3O4. The number of urea groups is 1. The molecule has 4 rings (SSSR count). The minimum atomic E-state index is -0.254. The average Bonchev–Trinajstić information content (AvgIpc) is 3.41. The van der Waals surface area contributed by atoms with Gasteiger partial charge in [-0.05, 0) is 44.9 Å². The number of rotatable bonds is 2. The van der Waals surface area contributed by atoms with Crippen LogP contribution in [-0.4, -0.2) is 84.9 Å². The fourth-order valence-corrected chi connectivity index (χ4v) is 4.77. The third-order valence-corrected chi connectivity index (χ3v) is 6.29. The lowest BCUT2D eigenvalue weighted by Crippen LogP contribution is -2.54.